The van der Waals surface area contributed by atoms with Gasteiger partial charge >= 0.3 is 12.1 Å². The van der Waals surface area contributed by atoms with E-state index in [0.717, 1.165) is 12.8 Å². The molecule has 2 atom stereocenters. The van der Waals surface area contributed by atoms with Crippen LogP contribution in [0.3, 0.4) is 0 Å². The van der Waals surface area contributed by atoms with Crippen molar-refractivity contribution >= 4 is 11.8 Å². The Bertz CT molecular complexity index is 411. The van der Waals surface area contributed by atoms with Crippen LogP contribution in [0, 0.1) is 23.2 Å². The lowest BCUT2D eigenvalue weighted by molar-refractivity contribution is -0.202. The Morgan fingerprint density at radius 2 is 1.79 bits per heavy atom. The number of esters is 1. The minimum Gasteiger partial charge on any atom is -0.456 e. The smallest absolute Gasteiger partial charge is 0.422 e. The molecule has 0 aliphatic heterocycles. The summed E-state index contributed by atoms with van der Waals surface area (Å²) in [5, 5.41) is 0. The number of carbonyl (C=O) groups is 2. The number of Topliss-reactive ketones (excluding diaryl/α,β-unsaturated/α-hetero) is 1. The van der Waals surface area contributed by atoms with E-state index in [1.54, 1.807) is 0 Å². The average molecular weight is 276 g/mol. The monoisotopic (exact) mass is 276 g/mol. The van der Waals surface area contributed by atoms with Crippen LogP contribution in [0.2, 0.25) is 0 Å². The second-order valence-corrected chi connectivity index (χ2v) is 6.22. The van der Waals surface area contributed by atoms with Gasteiger partial charge in [-0.05, 0) is 38.0 Å². The molecule has 0 aromatic rings. The maximum absolute atomic E-state index is 12.1. The van der Waals surface area contributed by atoms with Gasteiger partial charge in [-0.15, -0.1) is 0 Å². The molecule has 0 spiro atoms. The van der Waals surface area contributed by atoms with Gasteiger partial charge in [-0.1, -0.05) is 0 Å². The second-order valence-electron chi connectivity index (χ2n) is 6.22. The standard InChI is InChI=1S/C13H15F3O3/c14-13(15,16)6-19-11(18)12-3-7-1-8(4-12)10(17)9(2-7)5-12/h7-9H,1-6H2. The quantitative estimate of drug-likeness (QED) is 0.728. The van der Waals surface area contributed by atoms with Gasteiger partial charge in [0.05, 0.1) is 5.41 Å². The van der Waals surface area contributed by atoms with Crippen molar-refractivity contribution < 1.29 is 27.5 Å². The fourth-order valence-electron chi connectivity index (χ4n) is 4.30. The summed E-state index contributed by atoms with van der Waals surface area (Å²) in [6.07, 6.45) is -1.55. The Morgan fingerprint density at radius 1 is 1.21 bits per heavy atom. The van der Waals surface area contributed by atoms with Gasteiger partial charge in [0.25, 0.3) is 0 Å². The Hall–Kier alpha value is -1.07. The summed E-state index contributed by atoms with van der Waals surface area (Å²) in [6, 6.07) is 0. The van der Waals surface area contributed by atoms with E-state index >= 15 is 0 Å². The zero-order valence-corrected chi connectivity index (χ0v) is 10.3. The van der Waals surface area contributed by atoms with E-state index in [9.17, 15) is 22.8 Å². The summed E-state index contributed by atoms with van der Waals surface area (Å²) in [4.78, 5) is 23.9. The molecule has 4 saturated carbocycles. The lowest BCUT2D eigenvalue weighted by Crippen LogP contribution is -2.55. The molecule has 4 aliphatic carbocycles. The minimum atomic E-state index is -4.49. The first-order valence-electron chi connectivity index (χ1n) is 6.57. The van der Waals surface area contributed by atoms with E-state index in [-0.39, 0.29) is 17.6 Å². The summed E-state index contributed by atoms with van der Waals surface area (Å²) in [5.41, 5.74) is -0.824. The molecule has 2 unspecified atom stereocenters. The third kappa shape index (κ3) is 2.15. The molecular formula is C13H15F3O3. The molecule has 4 fully saturated rings. The first kappa shape index (κ1) is 12.9. The molecule has 0 saturated heterocycles. The highest BCUT2D eigenvalue weighted by molar-refractivity contribution is 5.89. The molecule has 6 heteroatoms. The van der Waals surface area contributed by atoms with Crippen LogP contribution in [0.5, 0.6) is 0 Å². The number of hydrogen-bond donors (Lipinski definition) is 0. The van der Waals surface area contributed by atoms with Crippen LogP contribution < -0.4 is 0 Å². The Kier molecular flexibility index (Phi) is 2.70. The van der Waals surface area contributed by atoms with E-state index in [1.165, 1.54) is 0 Å². The fraction of sp³-hybridized carbons (Fsp3) is 0.846. The summed E-state index contributed by atoms with van der Waals surface area (Å²) in [7, 11) is 0. The molecule has 0 N–H and O–H groups in total. The predicted molar refractivity (Wildman–Crippen MR) is 58.0 cm³/mol. The molecule has 19 heavy (non-hydrogen) atoms. The van der Waals surface area contributed by atoms with Crippen LogP contribution in [-0.4, -0.2) is 24.5 Å². The molecular weight excluding hydrogens is 261 g/mol. The van der Waals surface area contributed by atoms with Gasteiger partial charge in [-0.2, -0.15) is 13.2 Å². The van der Waals surface area contributed by atoms with E-state index in [2.05, 4.69) is 4.74 Å². The SMILES string of the molecule is O=C1C2CC3CC1CC(C(=O)OCC(F)(F)F)(C3)C2. The number of ketones is 1. The highest BCUT2D eigenvalue weighted by atomic mass is 19.4. The molecule has 0 aromatic heterocycles. The van der Waals surface area contributed by atoms with Crippen molar-refractivity contribution in [2.24, 2.45) is 23.2 Å². The first-order valence-corrected chi connectivity index (χ1v) is 6.57. The van der Waals surface area contributed by atoms with E-state index in [0.29, 0.717) is 25.2 Å². The van der Waals surface area contributed by atoms with Crippen molar-refractivity contribution in [2.45, 2.75) is 38.3 Å². The van der Waals surface area contributed by atoms with Gasteiger partial charge in [0, 0.05) is 11.8 Å². The molecule has 4 aliphatic rings. The topological polar surface area (TPSA) is 43.4 Å². The van der Waals surface area contributed by atoms with Gasteiger partial charge in [-0.25, -0.2) is 0 Å². The summed E-state index contributed by atoms with van der Waals surface area (Å²) in [5.74, 6) is -0.519. The van der Waals surface area contributed by atoms with Crippen molar-refractivity contribution in [1.82, 2.24) is 0 Å². The highest BCUT2D eigenvalue weighted by Gasteiger charge is 2.59. The minimum absolute atomic E-state index is 0.135. The summed E-state index contributed by atoms with van der Waals surface area (Å²) >= 11 is 0. The van der Waals surface area contributed by atoms with Crippen molar-refractivity contribution in [2.75, 3.05) is 6.61 Å². The second kappa shape index (κ2) is 3.96. The van der Waals surface area contributed by atoms with Crippen LogP contribution in [0.4, 0.5) is 13.2 Å². The number of rotatable bonds is 2. The molecule has 0 amide bonds. The van der Waals surface area contributed by atoms with Gasteiger partial charge in [0.1, 0.15) is 5.78 Å². The van der Waals surface area contributed by atoms with E-state index in [1.807, 2.05) is 0 Å². The predicted octanol–water partition coefficient (Wildman–Crippen LogP) is 2.49. The number of hydrogen-bond acceptors (Lipinski definition) is 3. The van der Waals surface area contributed by atoms with Crippen molar-refractivity contribution in [1.29, 1.82) is 0 Å². The molecule has 0 heterocycles. The molecule has 0 aromatic carbocycles. The molecule has 3 nitrogen and oxygen atoms in total. The largest absolute Gasteiger partial charge is 0.456 e. The average Bonchev–Trinajstić information content (AvgIpc) is 2.30. The van der Waals surface area contributed by atoms with Crippen LogP contribution >= 0.6 is 0 Å². The Morgan fingerprint density at radius 3 is 2.32 bits per heavy atom. The molecule has 4 bridgehead atoms. The van der Waals surface area contributed by atoms with Crippen molar-refractivity contribution in [3.63, 3.8) is 0 Å². The highest BCUT2D eigenvalue weighted by Crippen LogP contribution is 2.59. The molecule has 0 radical (unpaired) electrons. The van der Waals surface area contributed by atoms with Crippen molar-refractivity contribution in [3.05, 3.63) is 0 Å². The lowest BCUT2D eigenvalue weighted by Gasteiger charge is -2.53. The van der Waals surface area contributed by atoms with Crippen LogP contribution in [0.15, 0.2) is 0 Å². The maximum atomic E-state index is 12.1. The summed E-state index contributed by atoms with van der Waals surface area (Å²) < 4.78 is 40.8. The van der Waals surface area contributed by atoms with Crippen LogP contribution in [0.25, 0.3) is 0 Å². The zero-order chi connectivity index (χ0) is 13.8. The Balaban J connectivity index is 1.74. The number of ether oxygens (including phenoxy) is 1. The van der Waals surface area contributed by atoms with Gasteiger partial charge in [-0.3, -0.25) is 9.59 Å². The van der Waals surface area contributed by atoms with Crippen LogP contribution in [0.1, 0.15) is 32.1 Å². The van der Waals surface area contributed by atoms with Gasteiger partial charge in [0.2, 0.25) is 0 Å². The first-order chi connectivity index (χ1) is 8.79. The third-order valence-corrected chi connectivity index (χ3v) is 4.79. The maximum Gasteiger partial charge on any atom is 0.422 e. The number of halogens is 3. The lowest BCUT2D eigenvalue weighted by atomic mass is 9.49. The molecule has 106 valence electrons. The Labute approximate surface area is 108 Å². The van der Waals surface area contributed by atoms with Gasteiger partial charge in [0.15, 0.2) is 6.61 Å². The van der Waals surface area contributed by atoms with Crippen molar-refractivity contribution in [3.8, 4) is 0 Å². The fourth-order valence-corrected chi connectivity index (χ4v) is 4.30. The van der Waals surface area contributed by atoms with E-state index < -0.39 is 24.2 Å². The van der Waals surface area contributed by atoms with Crippen LogP contribution in [-0.2, 0) is 14.3 Å². The zero-order valence-electron chi connectivity index (χ0n) is 10.3. The number of alkyl halides is 3. The van der Waals surface area contributed by atoms with Gasteiger partial charge < -0.3 is 4.74 Å². The normalized spacial score (nSPS) is 40.6. The molecule has 4 rings (SSSR count). The third-order valence-electron chi connectivity index (χ3n) is 4.79. The number of carbonyl (C=O) groups excluding carboxylic acids is 2. The summed E-state index contributed by atoms with van der Waals surface area (Å²) in [6.45, 7) is -1.53. The van der Waals surface area contributed by atoms with E-state index in [4.69, 9.17) is 0 Å².